The summed E-state index contributed by atoms with van der Waals surface area (Å²) in [5.74, 6) is -0.323. The quantitative estimate of drug-likeness (QED) is 0.629. The molecule has 0 bridgehead atoms. The Labute approximate surface area is 125 Å². The molecule has 116 valence electrons. The topological polar surface area (TPSA) is 70.7 Å². The van der Waals surface area contributed by atoms with Gasteiger partial charge in [-0.25, -0.2) is 0 Å². The molecule has 0 aliphatic carbocycles. The average Bonchev–Trinajstić information content (AvgIpc) is 2.50. The van der Waals surface area contributed by atoms with Crippen molar-refractivity contribution >= 4 is 11.8 Å². The molecule has 0 atom stereocenters. The minimum absolute atomic E-state index is 0.00806. The summed E-state index contributed by atoms with van der Waals surface area (Å²) in [5.41, 5.74) is 1.06. The molecule has 0 heterocycles. The number of amides is 2. The van der Waals surface area contributed by atoms with Crippen molar-refractivity contribution in [1.82, 2.24) is 15.5 Å². The summed E-state index contributed by atoms with van der Waals surface area (Å²) < 4.78 is 4.85. The lowest BCUT2D eigenvalue weighted by atomic mass is 10.2. The third-order valence-corrected chi connectivity index (χ3v) is 2.89. The average molecular weight is 293 g/mol. The molecule has 0 spiro atoms. The lowest BCUT2D eigenvalue weighted by Gasteiger charge is -2.17. The second-order valence-electron chi connectivity index (χ2n) is 4.68. The van der Waals surface area contributed by atoms with Gasteiger partial charge >= 0.3 is 0 Å². The third kappa shape index (κ3) is 7.43. The smallest absolute Gasteiger partial charge is 0.242 e. The van der Waals surface area contributed by atoms with E-state index in [0.717, 1.165) is 5.56 Å². The molecule has 2 N–H and O–H groups in total. The van der Waals surface area contributed by atoms with Gasteiger partial charge in [-0.15, -0.1) is 0 Å². The second kappa shape index (κ2) is 9.90. The SMILES string of the molecule is COCCNCC(=O)NCC(=O)N(C)Cc1ccccc1. The van der Waals surface area contributed by atoms with Crippen molar-refractivity contribution in [3.8, 4) is 0 Å². The Morgan fingerprint density at radius 2 is 1.90 bits per heavy atom. The molecule has 6 heteroatoms. The van der Waals surface area contributed by atoms with E-state index in [-0.39, 0.29) is 24.9 Å². The first kappa shape index (κ1) is 17.1. The van der Waals surface area contributed by atoms with Gasteiger partial charge < -0.3 is 20.3 Å². The number of rotatable bonds is 9. The number of carbonyl (C=O) groups is 2. The minimum atomic E-state index is -0.201. The molecular formula is C15H23N3O3. The molecular weight excluding hydrogens is 270 g/mol. The first-order chi connectivity index (χ1) is 10.1. The second-order valence-corrected chi connectivity index (χ2v) is 4.68. The van der Waals surface area contributed by atoms with Crippen LogP contribution in [0.3, 0.4) is 0 Å². The molecule has 6 nitrogen and oxygen atoms in total. The molecule has 0 fully saturated rings. The number of nitrogens with zero attached hydrogens (tertiary/aromatic N) is 1. The molecule has 1 aromatic carbocycles. The fraction of sp³-hybridized carbons (Fsp3) is 0.467. The van der Waals surface area contributed by atoms with Gasteiger partial charge in [-0.2, -0.15) is 0 Å². The molecule has 0 aromatic heterocycles. The van der Waals surface area contributed by atoms with Gasteiger partial charge in [0.25, 0.3) is 0 Å². The van der Waals surface area contributed by atoms with E-state index in [9.17, 15) is 9.59 Å². The summed E-state index contributed by atoms with van der Waals surface area (Å²) in [4.78, 5) is 25.0. The lowest BCUT2D eigenvalue weighted by molar-refractivity contribution is -0.132. The number of ether oxygens (including phenoxy) is 1. The van der Waals surface area contributed by atoms with Crippen molar-refractivity contribution < 1.29 is 14.3 Å². The van der Waals surface area contributed by atoms with Crippen LogP contribution in [0.1, 0.15) is 5.56 Å². The van der Waals surface area contributed by atoms with Crippen molar-refractivity contribution in [2.75, 3.05) is 40.4 Å². The predicted octanol–water partition coefficient (Wildman–Crippen LogP) is -0.00280. The van der Waals surface area contributed by atoms with Crippen LogP contribution in [0.2, 0.25) is 0 Å². The standard InChI is InChI=1S/C15H23N3O3/c1-18(12-13-6-4-3-5-7-13)15(20)11-17-14(19)10-16-8-9-21-2/h3-7,16H,8-12H2,1-2H3,(H,17,19). The van der Waals surface area contributed by atoms with Crippen LogP contribution >= 0.6 is 0 Å². The third-order valence-electron chi connectivity index (χ3n) is 2.89. The van der Waals surface area contributed by atoms with Crippen molar-refractivity contribution in [3.05, 3.63) is 35.9 Å². The normalized spacial score (nSPS) is 10.2. The highest BCUT2D eigenvalue weighted by atomic mass is 16.5. The van der Waals surface area contributed by atoms with Gasteiger partial charge in [0.05, 0.1) is 19.7 Å². The van der Waals surface area contributed by atoms with Crippen LogP contribution in [0, 0.1) is 0 Å². The van der Waals surface area contributed by atoms with Gasteiger partial charge in [0.15, 0.2) is 0 Å². The number of likely N-dealkylation sites (N-methyl/N-ethyl adjacent to an activating group) is 1. The number of carbonyl (C=O) groups excluding carboxylic acids is 2. The lowest BCUT2D eigenvalue weighted by Crippen LogP contribution is -2.41. The van der Waals surface area contributed by atoms with Crippen molar-refractivity contribution in [1.29, 1.82) is 0 Å². The van der Waals surface area contributed by atoms with Gasteiger partial charge in [-0.3, -0.25) is 9.59 Å². The Kier molecular flexibility index (Phi) is 8.08. The van der Waals surface area contributed by atoms with Gasteiger partial charge in [0.2, 0.25) is 11.8 Å². The summed E-state index contributed by atoms with van der Waals surface area (Å²) in [5, 5.41) is 5.51. The van der Waals surface area contributed by atoms with E-state index >= 15 is 0 Å². The Hall–Kier alpha value is -1.92. The van der Waals surface area contributed by atoms with E-state index in [0.29, 0.717) is 19.7 Å². The van der Waals surface area contributed by atoms with E-state index < -0.39 is 0 Å². The van der Waals surface area contributed by atoms with Gasteiger partial charge in [0, 0.05) is 27.2 Å². The highest BCUT2D eigenvalue weighted by Crippen LogP contribution is 2.02. The molecule has 0 aliphatic rings. The first-order valence-electron chi connectivity index (χ1n) is 6.87. The Balaban J connectivity index is 2.22. The Morgan fingerprint density at radius 1 is 1.19 bits per heavy atom. The summed E-state index contributed by atoms with van der Waals surface area (Å²) in [6, 6.07) is 9.72. The summed E-state index contributed by atoms with van der Waals surface area (Å²) in [6.07, 6.45) is 0. The number of methoxy groups -OCH3 is 1. The van der Waals surface area contributed by atoms with Crippen molar-refractivity contribution in [3.63, 3.8) is 0 Å². The minimum Gasteiger partial charge on any atom is -0.383 e. The van der Waals surface area contributed by atoms with E-state index in [1.165, 1.54) is 0 Å². The Morgan fingerprint density at radius 3 is 2.57 bits per heavy atom. The number of benzene rings is 1. The van der Waals surface area contributed by atoms with Crippen LogP contribution in [0.5, 0.6) is 0 Å². The molecule has 0 unspecified atom stereocenters. The number of hydrogen-bond acceptors (Lipinski definition) is 4. The summed E-state index contributed by atoms with van der Waals surface area (Å²) in [7, 11) is 3.32. The van der Waals surface area contributed by atoms with Crippen LogP contribution < -0.4 is 10.6 Å². The molecule has 0 saturated carbocycles. The van der Waals surface area contributed by atoms with Crippen molar-refractivity contribution in [2.45, 2.75) is 6.54 Å². The van der Waals surface area contributed by atoms with Crippen LogP contribution in [0.4, 0.5) is 0 Å². The van der Waals surface area contributed by atoms with Gasteiger partial charge in [-0.1, -0.05) is 30.3 Å². The van der Waals surface area contributed by atoms with Crippen LogP contribution in [-0.4, -0.2) is 57.1 Å². The summed E-state index contributed by atoms with van der Waals surface area (Å²) in [6.45, 7) is 1.87. The van der Waals surface area contributed by atoms with Crippen LogP contribution in [0.15, 0.2) is 30.3 Å². The highest BCUT2D eigenvalue weighted by molar-refractivity contribution is 5.85. The highest BCUT2D eigenvalue weighted by Gasteiger charge is 2.10. The Bertz CT molecular complexity index is 437. The zero-order valence-corrected chi connectivity index (χ0v) is 12.6. The van der Waals surface area contributed by atoms with Crippen molar-refractivity contribution in [2.24, 2.45) is 0 Å². The van der Waals surface area contributed by atoms with E-state index in [4.69, 9.17) is 4.74 Å². The molecule has 0 aliphatic heterocycles. The zero-order valence-electron chi connectivity index (χ0n) is 12.6. The monoisotopic (exact) mass is 293 g/mol. The molecule has 1 aromatic rings. The maximum Gasteiger partial charge on any atom is 0.242 e. The van der Waals surface area contributed by atoms with Gasteiger partial charge in [-0.05, 0) is 5.56 Å². The predicted molar refractivity (Wildman–Crippen MR) is 80.7 cm³/mol. The fourth-order valence-corrected chi connectivity index (χ4v) is 1.69. The molecule has 1 rings (SSSR count). The number of hydrogen-bond donors (Lipinski definition) is 2. The summed E-state index contributed by atoms with van der Waals surface area (Å²) >= 11 is 0. The van der Waals surface area contributed by atoms with Gasteiger partial charge in [0.1, 0.15) is 0 Å². The molecule has 2 amide bonds. The van der Waals surface area contributed by atoms with E-state index in [2.05, 4.69) is 10.6 Å². The first-order valence-corrected chi connectivity index (χ1v) is 6.87. The maximum absolute atomic E-state index is 11.9. The number of nitrogens with one attached hydrogen (secondary N) is 2. The fourth-order valence-electron chi connectivity index (χ4n) is 1.69. The molecule has 0 saturated heterocycles. The molecule has 0 radical (unpaired) electrons. The zero-order chi connectivity index (χ0) is 15.5. The molecule has 21 heavy (non-hydrogen) atoms. The van der Waals surface area contributed by atoms with E-state index in [1.807, 2.05) is 30.3 Å². The largest absolute Gasteiger partial charge is 0.383 e. The van der Waals surface area contributed by atoms with E-state index in [1.54, 1.807) is 19.1 Å². The van der Waals surface area contributed by atoms with Crippen LogP contribution in [0.25, 0.3) is 0 Å². The van der Waals surface area contributed by atoms with Crippen LogP contribution in [-0.2, 0) is 20.9 Å². The maximum atomic E-state index is 11.9.